The molecule has 0 aromatic heterocycles. The van der Waals surface area contributed by atoms with Gasteiger partial charge < -0.3 is 15.5 Å². The van der Waals surface area contributed by atoms with Crippen molar-refractivity contribution in [2.75, 3.05) is 31.6 Å². The van der Waals surface area contributed by atoms with E-state index in [1.165, 1.54) is 6.07 Å². The molecular weight excluding hydrogens is 284 g/mol. The third kappa shape index (κ3) is 2.52. The predicted octanol–water partition coefficient (Wildman–Crippen LogP) is 1.22. The van der Waals surface area contributed by atoms with Gasteiger partial charge in [0.2, 0.25) is 5.91 Å². The van der Waals surface area contributed by atoms with Gasteiger partial charge in [0, 0.05) is 30.8 Å². The van der Waals surface area contributed by atoms with Crippen molar-refractivity contribution in [1.29, 1.82) is 0 Å². The first-order chi connectivity index (χ1) is 10.5. The van der Waals surface area contributed by atoms with E-state index in [0.29, 0.717) is 17.6 Å². The summed E-state index contributed by atoms with van der Waals surface area (Å²) < 4.78 is 0. The molecule has 2 aliphatic heterocycles. The van der Waals surface area contributed by atoms with Crippen LogP contribution in [0.15, 0.2) is 18.2 Å². The quantitative estimate of drug-likeness (QED) is 0.669. The van der Waals surface area contributed by atoms with Crippen LogP contribution in [0.4, 0.5) is 11.4 Å². The molecule has 7 heteroatoms. The molecule has 0 spiro atoms. The Morgan fingerprint density at radius 3 is 2.77 bits per heavy atom. The van der Waals surface area contributed by atoms with E-state index in [1.54, 1.807) is 12.1 Å². The van der Waals surface area contributed by atoms with Gasteiger partial charge in [-0.1, -0.05) is 0 Å². The van der Waals surface area contributed by atoms with Crippen molar-refractivity contribution < 1.29 is 9.72 Å². The lowest BCUT2D eigenvalue weighted by atomic mass is 9.92. The number of carbonyl (C=O) groups is 1. The number of fused-ring (bicyclic) bond motifs is 1. The molecule has 2 atom stereocenters. The van der Waals surface area contributed by atoms with Gasteiger partial charge in [0.05, 0.1) is 4.92 Å². The van der Waals surface area contributed by atoms with Crippen molar-refractivity contribution in [3.8, 4) is 0 Å². The number of nitro groups is 1. The average molecular weight is 304 g/mol. The van der Waals surface area contributed by atoms with E-state index in [1.807, 2.05) is 0 Å². The van der Waals surface area contributed by atoms with E-state index in [-0.39, 0.29) is 11.3 Å². The lowest BCUT2D eigenvalue weighted by Gasteiger charge is -2.37. The molecule has 1 aromatic carbocycles. The van der Waals surface area contributed by atoms with Crippen LogP contribution >= 0.6 is 0 Å². The first-order valence-electron chi connectivity index (χ1n) is 7.51. The number of carbonyl (C=O) groups excluding carboxylic acids is 1. The van der Waals surface area contributed by atoms with Crippen LogP contribution in [0.2, 0.25) is 0 Å². The molecule has 118 valence electrons. The molecule has 0 bridgehead atoms. The predicted molar refractivity (Wildman–Crippen MR) is 83.0 cm³/mol. The number of anilines is 1. The van der Waals surface area contributed by atoms with E-state index in [4.69, 9.17) is 5.73 Å². The molecule has 0 aliphatic carbocycles. The Morgan fingerprint density at radius 2 is 2.09 bits per heavy atom. The highest BCUT2D eigenvalue weighted by molar-refractivity contribution is 5.94. The second kappa shape index (κ2) is 5.57. The maximum Gasteiger partial charge on any atom is 0.293 e. The van der Waals surface area contributed by atoms with Gasteiger partial charge in [-0.3, -0.25) is 14.9 Å². The number of hydrogen-bond acceptors (Lipinski definition) is 5. The van der Waals surface area contributed by atoms with E-state index in [9.17, 15) is 14.9 Å². The van der Waals surface area contributed by atoms with Crippen LogP contribution in [0.25, 0.3) is 0 Å². The highest BCUT2D eigenvalue weighted by Gasteiger charge is 2.39. The van der Waals surface area contributed by atoms with Crippen molar-refractivity contribution in [2.45, 2.75) is 18.9 Å². The second-order valence-corrected chi connectivity index (χ2v) is 6.19. The molecular formula is C15H20N4O3. The van der Waals surface area contributed by atoms with Gasteiger partial charge >= 0.3 is 0 Å². The van der Waals surface area contributed by atoms with Crippen molar-refractivity contribution in [3.63, 3.8) is 0 Å². The van der Waals surface area contributed by atoms with Crippen LogP contribution in [0.3, 0.4) is 0 Å². The molecule has 2 aliphatic rings. The Labute approximate surface area is 128 Å². The summed E-state index contributed by atoms with van der Waals surface area (Å²) in [4.78, 5) is 26.6. The summed E-state index contributed by atoms with van der Waals surface area (Å²) in [6.45, 7) is 2.82. The Kier molecular flexibility index (Phi) is 3.74. The molecule has 22 heavy (non-hydrogen) atoms. The summed E-state index contributed by atoms with van der Waals surface area (Å²) in [5.41, 5.74) is 5.96. The third-order valence-corrected chi connectivity index (χ3v) is 4.83. The van der Waals surface area contributed by atoms with Crippen LogP contribution < -0.4 is 10.6 Å². The summed E-state index contributed by atoms with van der Waals surface area (Å²) >= 11 is 0. The first-order valence-corrected chi connectivity index (χ1v) is 7.51. The normalized spacial score (nSPS) is 25.0. The van der Waals surface area contributed by atoms with E-state index >= 15 is 0 Å². The van der Waals surface area contributed by atoms with Gasteiger partial charge in [0.1, 0.15) is 5.69 Å². The Hall–Kier alpha value is -2.15. The minimum atomic E-state index is -0.647. The molecule has 0 unspecified atom stereocenters. The van der Waals surface area contributed by atoms with Crippen molar-refractivity contribution in [1.82, 2.24) is 4.90 Å². The lowest BCUT2D eigenvalue weighted by molar-refractivity contribution is -0.384. The smallest absolute Gasteiger partial charge is 0.293 e. The fourth-order valence-corrected chi connectivity index (χ4v) is 3.66. The molecule has 0 saturated carbocycles. The summed E-state index contributed by atoms with van der Waals surface area (Å²) in [6, 6.07) is 4.83. The standard InChI is InChI=1S/C15H20N4O3/c1-17-6-4-10-5-7-18(14(10)9-17)12-3-2-11(15(16)20)8-13(12)19(21)22/h2-3,8,10,14H,4-7,9H2,1H3,(H2,16,20)/t10-,14+/m1/s1. The molecule has 3 rings (SSSR count). The number of nitrogens with two attached hydrogens (primary N) is 1. The zero-order valence-corrected chi connectivity index (χ0v) is 12.6. The highest BCUT2D eigenvalue weighted by atomic mass is 16.6. The van der Waals surface area contributed by atoms with Crippen LogP contribution in [-0.2, 0) is 0 Å². The number of hydrogen-bond donors (Lipinski definition) is 1. The molecule has 2 fully saturated rings. The number of benzene rings is 1. The molecule has 2 N–H and O–H groups in total. The van der Waals surface area contributed by atoms with Gasteiger partial charge in [-0.2, -0.15) is 0 Å². The summed E-state index contributed by atoms with van der Waals surface area (Å²) in [5, 5.41) is 11.4. The molecule has 0 radical (unpaired) electrons. The number of nitrogens with zero attached hydrogens (tertiary/aromatic N) is 3. The summed E-state index contributed by atoms with van der Waals surface area (Å²) in [5.74, 6) is -0.0574. The Balaban J connectivity index is 1.97. The van der Waals surface area contributed by atoms with Gasteiger partial charge in [-0.25, -0.2) is 0 Å². The summed E-state index contributed by atoms with van der Waals surface area (Å²) in [6.07, 6.45) is 2.19. The van der Waals surface area contributed by atoms with E-state index in [0.717, 1.165) is 32.5 Å². The number of rotatable bonds is 3. The number of nitro benzene ring substituents is 1. The monoisotopic (exact) mass is 304 g/mol. The number of primary amides is 1. The lowest BCUT2D eigenvalue weighted by Crippen LogP contribution is -2.46. The number of amides is 1. The van der Waals surface area contributed by atoms with Crippen LogP contribution in [-0.4, -0.2) is 48.5 Å². The van der Waals surface area contributed by atoms with E-state index < -0.39 is 10.8 Å². The second-order valence-electron chi connectivity index (χ2n) is 6.19. The first kappa shape index (κ1) is 14.8. The van der Waals surface area contributed by atoms with Crippen molar-refractivity contribution in [2.24, 2.45) is 11.7 Å². The fourth-order valence-electron chi connectivity index (χ4n) is 3.66. The van der Waals surface area contributed by atoms with Crippen LogP contribution in [0.1, 0.15) is 23.2 Å². The number of likely N-dealkylation sites (N-methyl/N-ethyl adjacent to an activating group) is 1. The minimum absolute atomic E-state index is 0.0369. The summed E-state index contributed by atoms with van der Waals surface area (Å²) in [7, 11) is 2.08. The molecule has 7 nitrogen and oxygen atoms in total. The van der Waals surface area contributed by atoms with E-state index in [2.05, 4.69) is 16.8 Å². The maximum atomic E-state index is 11.4. The maximum absolute atomic E-state index is 11.4. The fraction of sp³-hybridized carbons (Fsp3) is 0.533. The van der Waals surface area contributed by atoms with Crippen molar-refractivity contribution >= 4 is 17.3 Å². The molecule has 2 saturated heterocycles. The van der Waals surface area contributed by atoms with Gasteiger partial charge in [0.25, 0.3) is 5.69 Å². The zero-order valence-electron chi connectivity index (χ0n) is 12.6. The molecule has 2 heterocycles. The Morgan fingerprint density at radius 1 is 1.36 bits per heavy atom. The van der Waals surface area contributed by atoms with Gasteiger partial charge in [0.15, 0.2) is 0 Å². The zero-order chi connectivity index (χ0) is 15.9. The molecule has 1 amide bonds. The SMILES string of the molecule is CN1CC[C@@H]2CCN(c3ccc(C(N)=O)cc3[N+](=O)[O-])[C@H]2C1. The number of likely N-dealkylation sites (tertiary alicyclic amines) is 1. The highest BCUT2D eigenvalue weighted by Crippen LogP contribution is 2.39. The molecule has 1 aromatic rings. The minimum Gasteiger partial charge on any atom is -0.366 e. The van der Waals surface area contributed by atoms with Crippen molar-refractivity contribution in [3.05, 3.63) is 33.9 Å². The van der Waals surface area contributed by atoms with Crippen LogP contribution in [0.5, 0.6) is 0 Å². The topological polar surface area (TPSA) is 92.7 Å². The number of piperidine rings is 1. The average Bonchev–Trinajstić information content (AvgIpc) is 2.89. The van der Waals surface area contributed by atoms with Crippen LogP contribution in [0, 0.1) is 16.0 Å². The third-order valence-electron chi connectivity index (χ3n) is 4.83. The van der Waals surface area contributed by atoms with Gasteiger partial charge in [-0.05, 0) is 44.5 Å². The van der Waals surface area contributed by atoms with Gasteiger partial charge in [-0.15, -0.1) is 0 Å². The Bertz CT molecular complexity index is 619. The largest absolute Gasteiger partial charge is 0.366 e.